The normalized spacial score (nSPS) is 15.7. The van der Waals surface area contributed by atoms with Crippen molar-refractivity contribution in [2.75, 3.05) is 12.0 Å². The number of allylic oxidation sites excluding steroid dienone is 1. The monoisotopic (exact) mass is 379 g/mol. The summed E-state index contributed by atoms with van der Waals surface area (Å²) in [6.45, 7) is 5.91. The second kappa shape index (κ2) is 7.80. The Morgan fingerprint density at radius 2 is 1.68 bits per heavy atom. The lowest BCUT2D eigenvalue weighted by Gasteiger charge is -2.19. The maximum absolute atomic E-state index is 13.2. The molecule has 28 heavy (non-hydrogen) atoms. The molecule has 0 saturated carbocycles. The molecule has 1 aliphatic rings. The molecule has 5 heteroatoms. The molecule has 2 aromatic carbocycles. The average Bonchev–Trinajstić information content (AvgIpc) is 2.93. The molecule has 0 aromatic heterocycles. The molecule has 2 aromatic rings. The third-order valence-electron chi connectivity index (χ3n) is 4.79. The van der Waals surface area contributed by atoms with E-state index in [-0.39, 0.29) is 22.9 Å². The molecule has 0 spiro atoms. The van der Waals surface area contributed by atoms with Crippen LogP contribution in [-0.2, 0) is 14.3 Å². The van der Waals surface area contributed by atoms with Gasteiger partial charge in [0.15, 0.2) is 0 Å². The summed E-state index contributed by atoms with van der Waals surface area (Å²) in [6, 6.07) is 13.4. The number of benzene rings is 2. The minimum Gasteiger partial charge on any atom is -0.465 e. The second-order valence-corrected chi connectivity index (χ2v) is 6.95. The van der Waals surface area contributed by atoms with E-state index < -0.39 is 5.97 Å². The van der Waals surface area contributed by atoms with E-state index in [9.17, 15) is 14.0 Å². The summed E-state index contributed by atoms with van der Waals surface area (Å²) in [7, 11) is 1.28. The van der Waals surface area contributed by atoms with Crippen molar-refractivity contribution in [2.24, 2.45) is 0 Å². The summed E-state index contributed by atoms with van der Waals surface area (Å²) >= 11 is 0. The largest absolute Gasteiger partial charge is 0.465 e. The van der Waals surface area contributed by atoms with Crippen molar-refractivity contribution in [1.82, 2.24) is 0 Å². The highest BCUT2D eigenvalue weighted by molar-refractivity contribution is 6.23. The maximum atomic E-state index is 13.2. The number of rotatable bonds is 4. The van der Waals surface area contributed by atoms with Crippen LogP contribution in [0.1, 0.15) is 37.8 Å². The number of methoxy groups -OCH3 is 1. The van der Waals surface area contributed by atoms with Crippen molar-refractivity contribution in [3.8, 4) is 0 Å². The molecule has 0 unspecified atom stereocenters. The summed E-state index contributed by atoms with van der Waals surface area (Å²) in [5.41, 5.74) is 3.40. The molecule has 0 bridgehead atoms. The third-order valence-corrected chi connectivity index (χ3v) is 4.79. The smallest absolute Gasteiger partial charge is 0.340 e. The number of hydrogen-bond donors (Lipinski definition) is 0. The summed E-state index contributed by atoms with van der Waals surface area (Å²) in [4.78, 5) is 27.1. The van der Waals surface area contributed by atoms with Gasteiger partial charge in [-0.3, -0.25) is 9.69 Å². The van der Waals surface area contributed by atoms with Crippen LogP contribution in [-0.4, -0.2) is 19.0 Å². The van der Waals surface area contributed by atoms with Crippen LogP contribution in [0.15, 0.2) is 65.4 Å². The van der Waals surface area contributed by atoms with E-state index >= 15 is 0 Å². The van der Waals surface area contributed by atoms with Crippen LogP contribution in [0, 0.1) is 5.82 Å². The van der Waals surface area contributed by atoms with Gasteiger partial charge < -0.3 is 4.74 Å². The Morgan fingerprint density at radius 1 is 1.07 bits per heavy atom. The van der Waals surface area contributed by atoms with Gasteiger partial charge in [-0.05, 0) is 54.3 Å². The zero-order chi connectivity index (χ0) is 20.4. The van der Waals surface area contributed by atoms with E-state index in [1.54, 1.807) is 25.1 Å². The van der Waals surface area contributed by atoms with Crippen molar-refractivity contribution in [3.05, 3.63) is 82.3 Å². The zero-order valence-corrected chi connectivity index (χ0v) is 16.3. The molecule has 0 radical (unpaired) electrons. The van der Waals surface area contributed by atoms with Crippen molar-refractivity contribution >= 4 is 23.6 Å². The molecule has 144 valence electrons. The van der Waals surface area contributed by atoms with Crippen molar-refractivity contribution in [2.45, 2.75) is 26.7 Å². The Labute approximate surface area is 163 Å². The molecule has 4 nitrogen and oxygen atoms in total. The van der Waals surface area contributed by atoms with E-state index in [1.165, 1.54) is 24.1 Å². The van der Waals surface area contributed by atoms with E-state index in [1.807, 2.05) is 24.3 Å². The van der Waals surface area contributed by atoms with E-state index in [0.29, 0.717) is 22.9 Å². The summed E-state index contributed by atoms with van der Waals surface area (Å²) in [6.07, 6.45) is 1.58. The number of carbonyl (C=O) groups is 2. The Hall–Kier alpha value is -3.21. The van der Waals surface area contributed by atoms with Crippen LogP contribution in [0.2, 0.25) is 0 Å². The van der Waals surface area contributed by atoms with E-state index in [0.717, 1.165) is 5.56 Å². The van der Waals surface area contributed by atoms with E-state index in [4.69, 9.17) is 4.74 Å². The first-order valence-corrected chi connectivity index (χ1v) is 9.04. The zero-order valence-electron chi connectivity index (χ0n) is 16.3. The van der Waals surface area contributed by atoms with Crippen LogP contribution in [0.4, 0.5) is 10.1 Å². The number of halogens is 1. The Kier molecular flexibility index (Phi) is 5.45. The fraction of sp³-hybridized carbons (Fsp3) is 0.217. The first kappa shape index (κ1) is 19.5. The second-order valence-electron chi connectivity index (χ2n) is 6.95. The molecule has 0 fully saturated rings. The number of ether oxygens (including phenoxy) is 1. The average molecular weight is 379 g/mol. The first-order valence-electron chi connectivity index (χ1n) is 9.04. The quantitative estimate of drug-likeness (QED) is 0.565. The molecular weight excluding hydrogens is 357 g/mol. The van der Waals surface area contributed by atoms with Gasteiger partial charge in [-0.1, -0.05) is 38.1 Å². The van der Waals surface area contributed by atoms with Crippen LogP contribution in [0.5, 0.6) is 0 Å². The van der Waals surface area contributed by atoms with Crippen molar-refractivity contribution in [3.63, 3.8) is 0 Å². The molecule has 0 atom stereocenters. The standard InChI is InChI=1S/C23H22FNO3/c1-14(2)17-7-11-19(12-8-17)25-15(3)21(23(27)28-4)20(22(25)26)13-16-5-9-18(24)10-6-16/h5-14H,1-4H3/b20-13-. The molecule has 3 rings (SSSR count). The van der Waals surface area contributed by atoms with Crippen molar-refractivity contribution in [1.29, 1.82) is 0 Å². The minimum absolute atomic E-state index is 0.213. The van der Waals surface area contributed by atoms with Gasteiger partial charge in [0.2, 0.25) is 0 Å². The maximum Gasteiger partial charge on any atom is 0.340 e. The molecule has 0 aliphatic carbocycles. The van der Waals surface area contributed by atoms with Gasteiger partial charge in [0, 0.05) is 11.4 Å². The fourth-order valence-electron chi connectivity index (χ4n) is 3.22. The Balaban J connectivity index is 2.08. The Bertz CT molecular complexity index is 970. The highest BCUT2D eigenvalue weighted by Crippen LogP contribution is 2.35. The van der Waals surface area contributed by atoms with Crippen molar-refractivity contribution < 1.29 is 18.7 Å². The lowest BCUT2D eigenvalue weighted by Crippen LogP contribution is -2.24. The number of amides is 1. The molecule has 0 saturated heterocycles. The van der Waals surface area contributed by atoms with E-state index in [2.05, 4.69) is 13.8 Å². The SMILES string of the molecule is COC(=O)C1=C(C)N(c2ccc(C(C)C)cc2)C(=O)/C1=C\c1ccc(F)cc1. The van der Waals surface area contributed by atoms with Gasteiger partial charge in [0.05, 0.1) is 18.3 Å². The van der Waals surface area contributed by atoms with Crippen LogP contribution in [0.25, 0.3) is 6.08 Å². The predicted molar refractivity (Wildman–Crippen MR) is 107 cm³/mol. The summed E-state index contributed by atoms with van der Waals surface area (Å²) < 4.78 is 18.1. The summed E-state index contributed by atoms with van der Waals surface area (Å²) in [5.74, 6) is -0.897. The van der Waals surface area contributed by atoms with Gasteiger partial charge in [-0.2, -0.15) is 0 Å². The molecule has 1 aliphatic heterocycles. The number of esters is 1. The van der Waals surface area contributed by atoms with Gasteiger partial charge in [-0.15, -0.1) is 0 Å². The highest BCUT2D eigenvalue weighted by Gasteiger charge is 2.37. The lowest BCUT2D eigenvalue weighted by atomic mass is 10.0. The minimum atomic E-state index is -0.583. The predicted octanol–water partition coefficient (Wildman–Crippen LogP) is 4.83. The highest BCUT2D eigenvalue weighted by atomic mass is 19.1. The third kappa shape index (κ3) is 3.60. The Morgan fingerprint density at radius 3 is 2.21 bits per heavy atom. The van der Waals surface area contributed by atoms with Crippen LogP contribution >= 0.6 is 0 Å². The number of anilines is 1. The van der Waals surface area contributed by atoms with Gasteiger partial charge >= 0.3 is 5.97 Å². The molecule has 0 N–H and O–H groups in total. The fourth-order valence-corrected chi connectivity index (χ4v) is 3.22. The van der Waals surface area contributed by atoms with Gasteiger partial charge in [0.1, 0.15) is 5.82 Å². The van der Waals surface area contributed by atoms with Crippen LogP contribution < -0.4 is 4.90 Å². The molecule has 1 amide bonds. The number of hydrogen-bond acceptors (Lipinski definition) is 3. The molecular formula is C23H22FNO3. The van der Waals surface area contributed by atoms with Gasteiger partial charge in [0.25, 0.3) is 5.91 Å². The van der Waals surface area contributed by atoms with Gasteiger partial charge in [-0.25, -0.2) is 9.18 Å². The summed E-state index contributed by atoms with van der Waals surface area (Å²) in [5, 5.41) is 0. The van der Waals surface area contributed by atoms with Crippen LogP contribution in [0.3, 0.4) is 0 Å². The lowest BCUT2D eigenvalue weighted by molar-refractivity contribution is -0.136. The number of nitrogens with zero attached hydrogens (tertiary/aromatic N) is 1. The first-order chi connectivity index (χ1) is 13.3. The topological polar surface area (TPSA) is 46.6 Å². The number of carbonyl (C=O) groups excluding carboxylic acids is 2. The molecule has 1 heterocycles.